The van der Waals surface area contributed by atoms with Crippen LogP contribution in [0.2, 0.25) is 0 Å². The number of aliphatic hydroxyl groups is 1. The maximum atomic E-state index is 12.0. The van der Waals surface area contributed by atoms with E-state index in [2.05, 4.69) is 10.3 Å². The van der Waals surface area contributed by atoms with Gasteiger partial charge in [-0.3, -0.25) is 10.1 Å². The molecule has 1 aromatic heterocycles. The Balaban J connectivity index is 1.93. The first-order chi connectivity index (χ1) is 9.74. The Morgan fingerprint density at radius 1 is 1.38 bits per heavy atom. The number of amides is 2. The second kappa shape index (κ2) is 5.69. The fourth-order valence-corrected chi connectivity index (χ4v) is 1.81. The highest BCUT2D eigenvalue weighted by Gasteiger charge is 2.29. The van der Waals surface area contributed by atoms with Gasteiger partial charge in [-0.15, -0.1) is 0 Å². The summed E-state index contributed by atoms with van der Waals surface area (Å²) in [5.74, 6) is 0.126. The first-order valence-corrected chi connectivity index (χ1v) is 6.68. The summed E-state index contributed by atoms with van der Waals surface area (Å²) in [6.07, 6.45) is 0.356. The summed E-state index contributed by atoms with van der Waals surface area (Å²) in [6.45, 7) is 5.99. The van der Waals surface area contributed by atoms with Crippen LogP contribution in [0.25, 0.3) is 0 Å². The highest BCUT2D eigenvalue weighted by Crippen LogP contribution is 2.14. The SMILES string of the molecule is CC(C)(C)OC(=O)Nc1ccc(C(=O)N2CC(O)C2)cn1. The van der Waals surface area contributed by atoms with Gasteiger partial charge in [0.2, 0.25) is 0 Å². The van der Waals surface area contributed by atoms with Gasteiger partial charge in [-0.25, -0.2) is 9.78 Å². The van der Waals surface area contributed by atoms with Crippen molar-refractivity contribution in [3.05, 3.63) is 23.9 Å². The van der Waals surface area contributed by atoms with Gasteiger partial charge >= 0.3 is 6.09 Å². The van der Waals surface area contributed by atoms with Crippen molar-refractivity contribution in [2.24, 2.45) is 0 Å². The molecule has 0 unspecified atom stereocenters. The molecule has 7 heteroatoms. The molecule has 1 aromatic rings. The number of β-amino-alcohol motifs (C(OH)–C–C–N with tert-alkyl or cyclic N) is 1. The molecule has 1 fully saturated rings. The van der Waals surface area contributed by atoms with E-state index in [0.29, 0.717) is 24.5 Å². The molecule has 21 heavy (non-hydrogen) atoms. The molecule has 0 spiro atoms. The van der Waals surface area contributed by atoms with Crippen LogP contribution < -0.4 is 5.32 Å². The lowest BCUT2D eigenvalue weighted by Crippen LogP contribution is -2.53. The van der Waals surface area contributed by atoms with E-state index in [9.17, 15) is 14.7 Å². The van der Waals surface area contributed by atoms with Gasteiger partial charge in [0.15, 0.2) is 0 Å². The zero-order valence-corrected chi connectivity index (χ0v) is 12.3. The number of likely N-dealkylation sites (tertiary alicyclic amines) is 1. The maximum absolute atomic E-state index is 12.0. The fraction of sp³-hybridized carbons (Fsp3) is 0.500. The van der Waals surface area contributed by atoms with Crippen molar-refractivity contribution in [2.45, 2.75) is 32.5 Å². The molecular weight excluding hydrogens is 274 g/mol. The van der Waals surface area contributed by atoms with Crippen molar-refractivity contribution in [3.8, 4) is 0 Å². The lowest BCUT2D eigenvalue weighted by Gasteiger charge is -2.35. The predicted octanol–water partition coefficient (Wildman–Crippen LogP) is 1.25. The van der Waals surface area contributed by atoms with Crippen molar-refractivity contribution in [1.82, 2.24) is 9.88 Å². The lowest BCUT2D eigenvalue weighted by atomic mass is 10.1. The van der Waals surface area contributed by atoms with Gasteiger partial charge in [-0.1, -0.05) is 0 Å². The number of nitrogens with one attached hydrogen (secondary N) is 1. The minimum atomic E-state index is -0.597. The molecule has 2 heterocycles. The molecule has 0 aromatic carbocycles. The van der Waals surface area contributed by atoms with Crippen LogP contribution >= 0.6 is 0 Å². The number of nitrogens with zero attached hydrogens (tertiary/aromatic N) is 2. The van der Waals surface area contributed by atoms with Crippen molar-refractivity contribution in [2.75, 3.05) is 18.4 Å². The molecule has 0 bridgehead atoms. The summed E-state index contributed by atoms with van der Waals surface area (Å²) < 4.78 is 5.10. The monoisotopic (exact) mass is 293 g/mol. The Morgan fingerprint density at radius 2 is 2.05 bits per heavy atom. The number of ether oxygens (including phenoxy) is 1. The highest BCUT2D eigenvalue weighted by molar-refractivity contribution is 5.95. The quantitative estimate of drug-likeness (QED) is 0.856. The van der Waals surface area contributed by atoms with Crippen LogP contribution in [-0.2, 0) is 4.74 Å². The third kappa shape index (κ3) is 4.16. The van der Waals surface area contributed by atoms with Gasteiger partial charge in [0.05, 0.1) is 11.7 Å². The number of hydrogen-bond donors (Lipinski definition) is 2. The topological polar surface area (TPSA) is 91.8 Å². The number of hydrogen-bond acceptors (Lipinski definition) is 5. The van der Waals surface area contributed by atoms with E-state index in [0.717, 1.165) is 0 Å². The molecule has 7 nitrogen and oxygen atoms in total. The highest BCUT2D eigenvalue weighted by atomic mass is 16.6. The van der Waals surface area contributed by atoms with Gasteiger partial charge in [-0.2, -0.15) is 0 Å². The molecule has 1 aliphatic rings. The molecule has 2 rings (SSSR count). The number of anilines is 1. The molecule has 1 saturated heterocycles. The van der Waals surface area contributed by atoms with Crippen LogP contribution in [0, 0.1) is 0 Å². The van der Waals surface area contributed by atoms with Crippen LogP contribution in [0.4, 0.5) is 10.6 Å². The lowest BCUT2D eigenvalue weighted by molar-refractivity contribution is 0.00587. The van der Waals surface area contributed by atoms with E-state index in [1.54, 1.807) is 26.8 Å². The average Bonchev–Trinajstić information content (AvgIpc) is 2.33. The zero-order valence-electron chi connectivity index (χ0n) is 12.3. The van der Waals surface area contributed by atoms with Crippen LogP contribution in [0.1, 0.15) is 31.1 Å². The Labute approximate surface area is 122 Å². The van der Waals surface area contributed by atoms with Crippen molar-refractivity contribution < 1.29 is 19.4 Å². The van der Waals surface area contributed by atoms with E-state index in [-0.39, 0.29) is 5.91 Å². The fourth-order valence-electron chi connectivity index (χ4n) is 1.81. The number of carbonyl (C=O) groups excluding carboxylic acids is 2. The summed E-state index contributed by atoms with van der Waals surface area (Å²) in [5.41, 5.74) is -0.171. The molecule has 2 N–H and O–H groups in total. The molecule has 2 amide bonds. The normalized spacial score (nSPS) is 15.3. The molecule has 0 saturated carbocycles. The number of rotatable bonds is 2. The Morgan fingerprint density at radius 3 is 2.52 bits per heavy atom. The van der Waals surface area contributed by atoms with Gasteiger partial charge in [0, 0.05) is 19.3 Å². The first kappa shape index (κ1) is 15.2. The molecular formula is C14H19N3O4. The minimum absolute atomic E-state index is 0.184. The van der Waals surface area contributed by atoms with E-state index < -0.39 is 17.8 Å². The molecule has 0 radical (unpaired) electrons. The van der Waals surface area contributed by atoms with Crippen LogP contribution in [-0.4, -0.2) is 51.8 Å². The van der Waals surface area contributed by atoms with Crippen LogP contribution in [0.15, 0.2) is 18.3 Å². The maximum Gasteiger partial charge on any atom is 0.413 e. The smallest absolute Gasteiger partial charge is 0.413 e. The summed E-state index contributed by atoms with van der Waals surface area (Å²) in [7, 11) is 0. The largest absolute Gasteiger partial charge is 0.444 e. The Bertz CT molecular complexity index is 530. The average molecular weight is 293 g/mol. The number of aliphatic hydroxyl groups excluding tert-OH is 1. The van der Waals surface area contributed by atoms with Gasteiger partial charge in [-0.05, 0) is 32.9 Å². The second-order valence-corrected chi connectivity index (χ2v) is 5.92. The van der Waals surface area contributed by atoms with E-state index in [1.807, 2.05) is 0 Å². The van der Waals surface area contributed by atoms with Gasteiger partial charge in [0.1, 0.15) is 11.4 Å². The van der Waals surface area contributed by atoms with Crippen molar-refractivity contribution in [3.63, 3.8) is 0 Å². The minimum Gasteiger partial charge on any atom is -0.444 e. The summed E-state index contributed by atoms with van der Waals surface area (Å²) in [4.78, 5) is 29.1. The van der Waals surface area contributed by atoms with Gasteiger partial charge < -0.3 is 14.7 Å². The third-order valence-corrected chi connectivity index (χ3v) is 2.79. The standard InChI is InChI=1S/C14H19N3O4/c1-14(2,3)21-13(20)16-11-5-4-9(6-15-11)12(19)17-7-10(18)8-17/h4-6,10,18H,7-8H2,1-3H3,(H,15,16,20). The molecule has 1 aliphatic heterocycles. The first-order valence-electron chi connectivity index (χ1n) is 6.68. The summed E-state index contributed by atoms with van der Waals surface area (Å²) in [6, 6.07) is 3.11. The van der Waals surface area contributed by atoms with Crippen LogP contribution in [0.5, 0.6) is 0 Å². The molecule has 0 aliphatic carbocycles. The molecule has 114 valence electrons. The van der Waals surface area contributed by atoms with Crippen molar-refractivity contribution >= 4 is 17.8 Å². The van der Waals surface area contributed by atoms with E-state index in [4.69, 9.17) is 4.74 Å². The number of carbonyl (C=O) groups is 2. The summed E-state index contributed by atoms with van der Waals surface area (Å²) >= 11 is 0. The Hall–Kier alpha value is -2.15. The zero-order chi connectivity index (χ0) is 15.6. The van der Waals surface area contributed by atoms with Gasteiger partial charge in [0.25, 0.3) is 5.91 Å². The summed E-state index contributed by atoms with van der Waals surface area (Å²) in [5, 5.41) is 11.7. The number of aromatic nitrogens is 1. The Kier molecular flexibility index (Phi) is 4.13. The van der Waals surface area contributed by atoms with E-state index in [1.165, 1.54) is 17.2 Å². The third-order valence-electron chi connectivity index (χ3n) is 2.79. The van der Waals surface area contributed by atoms with Crippen molar-refractivity contribution in [1.29, 1.82) is 0 Å². The predicted molar refractivity (Wildman–Crippen MR) is 76.0 cm³/mol. The van der Waals surface area contributed by atoms with E-state index >= 15 is 0 Å². The molecule has 0 atom stereocenters. The number of pyridine rings is 1. The second-order valence-electron chi connectivity index (χ2n) is 5.92. The van der Waals surface area contributed by atoms with Crippen LogP contribution in [0.3, 0.4) is 0 Å².